The molecular formula is C14H18N2O. The maximum absolute atomic E-state index is 9.19. The molecular weight excluding hydrogens is 212 g/mol. The van der Waals surface area contributed by atoms with Crippen LogP contribution in [0.3, 0.4) is 0 Å². The van der Waals surface area contributed by atoms with Crippen LogP contribution >= 0.6 is 0 Å². The van der Waals surface area contributed by atoms with E-state index >= 15 is 0 Å². The van der Waals surface area contributed by atoms with Gasteiger partial charge in [-0.2, -0.15) is 0 Å². The predicted molar refractivity (Wildman–Crippen MR) is 70.2 cm³/mol. The molecule has 0 fully saturated rings. The van der Waals surface area contributed by atoms with Crippen LogP contribution in [0.2, 0.25) is 0 Å². The topological polar surface area (TPSA) is 37.2 Å². The molecule has 3 heteroatoms. The molecule has 90 valence electrons. The molecule has 2 N–H and O–H groups in total. The zero-order valence-electron chi connectivity index (χ0n) is 10.1. The number of rotatable bonds is 5. The first kappa shape index (κ1) is 11.6. The van der Waals surface area contributed by atoms with Gasteiger partial charge in [0.15, 0.2) is 0 Å². The summed E-state index contributed by atoms with van der Waals surface area (Å²) in [6, 6.07) is 11.3. The van der Waals surface area contributed by atoms with E-state index in [1.54, 1.807) is 12.1 Å². The minimum atomic E-state index is 0.296. The lowest BCUT2D eigenvalue weighted by Gasteiger charge is -2.10. The van der Waals surface area contributed by atoms with Crippen LogP contribution < -0.4 is 5.32 Å². The Balaban J connectivity index is 1.97. The third kappa shape index (κ3) is 3.03. The summed E-state index contributed by atoms with van der Waals surface area (Å²) < 4.78 is 2.26. The van der Waals surface area contributed by atoms with Gasteiger partial charge in [-0.15, -0.1) is 0 Å². The molecule has 0 radical (unpaired) electrons. The number of nitrogens with zero attached hydrogens (tertiary/aromatic N) is 1. The molecule has 2 rings (SSSR count). The van der Waals surface area contributed by atoms with Gasteiger partial charge in [-0.1, -0.05) is 6.92 Å². The monoisotopic (exact) mass is 230 g/mol. The first-order valence-electron chi connectivity index (χ1n) is 5.96. The van der Waals surface area contributed by atoms with E-state index in [9.17, 15) is 5.11 Å². The van der Waals surface area contributed by atoms with Gasteiger partial charge in [0.1, 0.15) is 5.75 Å². The van der Waals surface area contributed by atoms with Crippen LogP contribution in [0, 0.1) is 0 Å². The lowest BCUT2D eigenvalue weighted by molar-refractivity contribution is 0.475. The highest BCUT2D eigenvalue weighted by molar-refractivity contribution is 5.46. The summed E-state index contributed by atoms with van der Waals surface area (Å²) in [5.41, 5.74) is 2.30. The number of aromatic hydroxyl groups is 1. The Labute approximate surface area is 102 Å². The third-order valence-corrected chi connectivity index (χ3v) is 2.73. The van der Waals surface area contributed by atoms with Crippen LogP contribution in [0.1, 0.15) is 19.0 Å². The van der Waals surface area contributed by atoms with E-state index in [4.69, 9.17) is 0 Å². The smallest absolute Gasteiger partial charge is 0.115 e. The van der Waals surface area contributed by atoms with E-state index in [0.717, 1.165) is 25.2 Å². The van der Waals surface area contributed by atoms with Crippen molar-refractivity contribution in [2.24, 2.45) is 0 Å². The largest absolute Gasteiger partial charge is 0.508 e. The summed E-state index contributed by atoms with van der Waals surface area (Å²) in [6.07, 6.45) is 3.25. The van der Waals surface area contributed by atoms with Crippen molar-refractivity contribution in [1.29, 1.82) is 0 Å². The second-order valence-corrected chi connectivity index (χ2v) is 4.09. The van der Waals surface area contributed by atoms with E-state index in [0.29, 0.717) is 5.75 Å². The Bertz CT molecular complexity index is 459. The Hall–Kier alpha value is -1.90. The van der Waals surface area contributed by atoms with Gasteiger partial charge >= 0.3 is 0 Å². The van der Waals surface area contributed by atoms with Crippen LogP contribution in [0.25, 0.3) is 0 Å². The van der Waals surface area contributed by atoms with Gasteiger partial charge in [-0.3, -0.25) is 0 Å². The fourth-order valence-corrected chi connectivity index (χ4v) is 1.84. The minimum absolute atomic E-state index is 0.296. The number of phenols is 1. The van der Waals surface area contributed by atoms with Crippen LogP contribution in [0.4, 0.5) is 5.69 Å². The number of phenolic OH excluding ortho intramolecular Hbond substituents is 1. The Morgan fingerprint density at radius 3 is 2.65 bits per heavy atom. The van der Waals surface area contributed by atoms with Gasteiger partial charge in [-0.25, -0.2) is 0 Å². The average Bonchev–Trinajstić information content (AvgIpc) is 2.77. The minimum Gasteiger partial charge on any atom is -0.508 e. The molecule has 1 aromatic carbocycles. The second kappa shape index (κ2) is 5.43. The molecule has 0 saturated carbocycles. The second-order valence-electron chi connectivity index (χ2n) is 4.09. The lowest BCUT2D eigenvalue weighted by Crippen LogP contribution is -2.06. The summed E-state index contributed by atoms with van der Waals surface area (Å²) in [6.45, 7) is 4.04. The summed E-state index contributed by atoms with van der Waals surface area (Å²) in [5.74, 6) is 0.296. The average molecular weight is 230 g/mol. The highest BCUT2D eigenvalue weighted by atomic mass is 16.3. The molecule has 0 spiro atoms. The van der Waals surface area contributed by atoms with Crippen molar-refractivity contribution in [2.75, 3.05) is 5.32 Å². The lowest BCUT2D eigenvalue weighted by atomic mass is 10.3. The zero-order valence-corrected chi connectivity index (χ0v) is 10.1. The number of aryl methyl sites for hydroxylation is 1. The molecule has 0 atom stereocenters. The van der Waals surface area contributed by atoms with E-state index in [-0.39, 0.29) is 0 Å². The first-order chi connectivity index (χ1) is 8.29. The normalized spacial score (nSPS) is 10.4. The molecule has 1 aromatic heterocycles. The Morgan fingerprint density at radius 2 is 1.94 bits per heavy atom. The molecule has 0 aliphatic heterocycles. The number of nitrogens with one attached hydrogen (secondary N) is 1. The van der Waals surface area contributed by atoms with E-state index in [1.165, 1.54) is 5.69 Å². The van der Waals surface area contributed by atoms with Crippen molar-refractivity contribution in [3.05, 3.63) is 48.3 Å². The maximum Gasteiger partial charge on any atom is 0.115 e. The van der Waals surface area contributed by atoms with Crippen LogP contribution in [0.15, 0.2) is 42.6 Å². The van der Waals surface area contributed by atoms with E-state index in [1.807, 2.05) is 12.1 Å². The van der Waals surface area contributed by atoms with Crippen molar-refractivity contribution >= 4 is 5.69 Å². The van der Waals surface area contributed by atoms with Crippen molar-refractivity contribution in [1.82, 2.24) is 4.57 Å². The summed E-state index contributed by atoms with van der Waals surface area (Å²) >= 11 is 0. The van der Waals surface area contributed by atoms with Gasteiger partial charge in [0.25, 0.3) is 0 Å². The zero-order chi connectivity index (χ0) is 12.1. The van der Waals surface area contributed by atoms with Crippen LogP contribution in [0.5, 0.6) is 5.75 Å². The number of hydrogen-bond donors (Lipinski definition) is 2. The molecule has 0 saturated heterocycles. The van der Waals surface area contributed by atoms with E-state index in [2.05, 4.69) is 35.1 Å². The molecule has 1 heterocycles. The molecule has 0 bridgehead atoms. The predicted octanol–water partition coefficient (Wildman–Crippen LogP) is 3.22. The first-order valence-corrected chi connectivity index (χ1v) is 5.96. The van der Waals surface area contributed by atoms with Crippen molar-refractivity contribution in [3.63, 3.8) is 0 Å². The van der Waals surface area contributed by atoms with Crippen LogP contribution in [-0.4, -0.2) is 9.67 Å². The summed E-state index contributed by atoms with van der Waals surface area (Å²) in [4.78, 5) is 0. The van der Waals surface area contributed by atoms with Crippen molar-refractivity contribution in [3.8, 4) is 5.75 Å². The fraction of sp³-hybridized carbons (Fsp3) is 0.286. The maximum atomic E-state index is 9.19. The number of anilines is 1. The molecule has 17 heavy (non-hydrogen) atoms. The number of hydrogen-bond acceptors (Lipinski definition) is 2. The fourth-order valence-electron chi connectivity index (χ4n) is 1.84. The third-order valence-electron chi connectivity index (χ3n) is 2.73. The number of aromatic nitrogens is 1. The molecule has 0 aliphatic rings. The Morgan fingerprint density at radius 1 is 1.18 bits per heavy atom. The highest BCUT2D eigenvalue weighted by Crippen LogP contribution is 2.15. The van der Waals surface area contributed by atoms with E-state index < -0.39 is 0 Å². The standard InChI is InChI=1S/C14H18N2O/c1-2-9-16-10-3-4-13(16)11-15-12-5-7-14(17)8-6-12/h3-8,10,15,17H,2,9,11H2,1H3. The molecule has 3 nitrogen and oxygen atoms in total. The number of benzene rings is 1. The van der Waals surface area contributed by atoms with Gasteiger partial charge < -0.3 is 15.0 Å². The Kier molecular flexibility index (Phi) is 3.70. The van der Waals surface area contributed by atoms with Gasteiger partial charge in [0.05, 0.1) is 6.54 Å². The van der Waals surface area contributed by atoms with Gasteiger partial charge in [-0.05, 0) is 42.8 Å². The molecule has 0 unspecified atom stereocenters. The van der Waals surface area contributed by atoms with Gasteiger partial charge in [0, 0.05) is 24.1 Å². The van der Waals surface area contributed by atoms with Crippen molar-refractivity contribution in [2.45, 2.75) is 26.4 Å². The summed E-state index contributed by atoms with van der Waals surface area (Å²) in [5, 5.41) is 12.5. The molecule has 0 aliphatic carbocycles. The molecule has 0 amide bonds. The van der Waals surface area contributed by atoms with Crippen LogP contribution in [-0.2, 0) is 13.1 Å². The molecule has 2 aromatic rings. The SMILES string of the molecule is CCCn1cccc1CNc1ccc(O)cc1. The van der Waals surface area contributed by atoms with Gasteiger partial charge in [0.2, 0.25) is 0 Å². The quantitative estimate of drug-likeness (QED) is 0.774. The highest BCUT2D eigenvalue weighted by Gasteiger charge is 1.99. The summed E-state index contributed by atoms with van der Waals surface area (Å²) in [7, 11) is 0. The van der Waals surface area contributed by atoms with Crippen molar-refractivity contribution < 1.29 is 5.11 Å².